The average Bonchev–Trinajstić information content (AvgIpc) is 3.10. The van der Waals surface area contributed by atoms with Crippen LogP contribution >= 0.6 is 0 Å². The van der Waals surface area contributed by atoms with Gasteiger partial charge in [-0.05, 0) is 31.0 Å². The van der Waals surface area contributed by atoms with Crippen molar-refractivity contribution in [1.29, 1.82) is 0 Å². The van der Waals surface area contributed by atoms with Crippen LogP contribution in [0.3, 0.4) is 0 Å². The summed E-state index contributed by atoms with van der Waals surface area (Å²) in [7, 11) is 0. The number of nitrogens with zero attached hydrogens (tertiary/aromatic N) is 5. The van der Waals surface area contributed by atoms with E-state index in [1.807, 2.05) is 21.8 Å². The molecule has 3 heterocycles. The smallest absolute Gasteiger partial charge is 0.236 e. The van der Waals surface area contributed by atoms with Crippen molar-refractivity contribution in [2.75, 3.05) is 39.3 Å². The van der Waals surface area contributed by atoms with Crippen molar-refractivity contribution in [3.05, 3.63) is 47.5 Å². The molecule has 2 fully saturated rings. The van der Waals surface area contributed by atoms with E-state index in [0.717, 1.165) is 68.7 Å². The van der Waals surface area contributed by atoms with E-state index in [9.17, 15) is 9.18 Å². The number of carbonyl (C=O) groups excluding carboxylic acids is 1. The number of carbonyl (C=O) groups is 1. The van der Waals surface area contributed by atoms with Gasteiger partial charge in [-0.15, -0.1) is 0 Å². The lowest BCUT2D eigenvalue weighted by atomic mass is 9.91. The predicted octanol–water partition coefficient (Wildman–Crippen LogP) is 2.07. The van der Waals surface area contributed by atoms with Crippen LogP contribution in [-0.2, 0) is 17.8 Å². The molecule has 0 atom stereocenters. The molecule has 1 aromatic carbocycles. The van der Waals surface area contributed by atoms with Gasteiger partial charge in [-0.2, -0.15) is 5.10 Å². The van der Waals surface area contributed by atoms with Gasteiger partial charge >= 0.3 is 0 Å². The highest BCUT2D eigenvalue weighted by atomic mass is 19.1. The highest BCUT2D eigenvalue weighted by molar-refractivity contribution is 5.78. The number of amides is 1. The molecule has 1 amide bonds. The molecule has 29 heavy (non-hydrogen) atoms. The molecule has 1 saturated heterocycles. The number of fused-ring (bicyclic) bond motifs is 1. The quantitative estimate of drug-likeness (QED) is 0.792. The predicted molar refractivity (Wildman–Crippen MR) is 108 cm³/mol. The van der Waals surface area contributed by atoms with E-state index in [4.69, 9.17) is 0 Å². The van der Waals surface area contributed by atoms with Gasteiger partial charge in [0.05, 0.1) is 24.1 Å². The summed E-state index contributed by atoms with van der Waals surface area (Å²) in [5, 5.41) is 4.47. The average molecular weight is 397 g/mol. The molecule has 1 aromatic heterocycles. The van der Waals surface area contributed by atoms with E-state index < -0.39 is 0 Å². The first kappa shape index (κ1) is 18.8. The molecular weight excluding hydrogens is 369 g/mol. The van der Waals surface area contributed by atoms with Gasteiger partial charge in [0.2, 0.25) is 5.91 Å². The molecule has 0 N–H and O–H groups in total. The highest BCUT2D eigenvalue weighted by Gasteiger charge is 2.30. The van der Waals surface area contributed by atoms with Crippen LogP contribution in [0.15, 0.2) is 30.5 Å². The maximum atomic E-state index is 13.6. The van der Waals surface area contributed by atoms with Crippen LogP contribution in [0.2, 0.25) is 0 Å². The summed E-state index contributed by atoms with van der Waals surface area (Å²) in [5.74, 6) is -0.0218. The summed E-state index contributed by atoms with van der Waals surface area (Å²) in [6, 6.07) is 7.29. The van der Waals surface area contributed by atoms with Crippen molar-refractivity contribution in [2.45, 2.75) is 38.3 Å². The normalized spacial score (nSPS) is 21.1. The van der Waals surface area contributed by atoms with Crippen LogP contribution in [0, 0.1) is 5.82 Å². The van der Waals surface area contributed by atoms with Crippen LogP contribution in [-0.4, -0.2) is 75.7 Å². The minimum absolute atomic E-state index is 0.235. The van der Waals surface area contributed by atoms with E-state index in [1.54, 1.807) is 6.07 Å². The van der Waals surface area contributed by atoms with Crippen molar-refractivity contribution in [3.63, 3.8) is 0 Å². The first-order chi connectivity index (χ1) is 14.2. The lowest BCUT2D eigenvalue weighted by molar-refractivity contribution is -0.135. The Morgan fingerprint density at radius 1 is 1.14 bits per heavy atom. The molecule has 2 aliphatic heterocycles. The number of rotatable bonds is 4. The Bertz CT molecular complexity index is 885. The van der Waals surface area contributed by atoms with E-state index in [0.29, 0.717) is 6.54 Å². The second-order valence-electron chi connectivity index (χ2n) is 8.47. The molecule has 1 aliphatic carbocycles. The van der Waals surface area contributed by atoms with Crippen LogP contribution in [0.5, 0.6) is 0 Å². The lowest BCUT2D eigenvalue weighted by Gasteiger charge is -2.43. The van der Waals surface area contributed by atoms with E-state index in [2.05, 4.69) is 14.9 Å². The van der Waals surface area contributed by atoms with Gasteiger partial charge in [-0.1, -0.05) is 12.5 Å². The summed E-state index contributed by atoms with van der Waals surface area (Å²) in [4.78, 5) is 19.6. The van der Waals surface area contributed by atoms with Gasteiger partial charge in [0, 0.05) is 57.3 Å². The zero-order valence-electron chi connectivity index (χ0n) is 16.8. The number of hydrogen-bond acceptors (Lipinski definition) is 4. The maximum Gasteiger partial charge on any atom is 0.236 e. The topological polar surface area (TPSA) is 44.6 Å². The van der Waals surface area contributed by atoms with Gasteiger partial charge in [0.1, 0.15) is 5.82 Å². The Morgan fingerprint density at radius 3 is 2.69 bits per heavy atom. The summed E-state index contributed by atoms with van der Waals surface area (Å²) < 4.78 is 15.4. The first-order valence-electron chi connectivity index (χ1n) is 10.7. The van der Waals surface area contributed by atoms with Gasteiger partial charge in [-0.3, -0.25) is 14.6 Å². The van der Waals surface area contributed by atoms with Gasteiger partial charge in [-0.25, -0.2) is 9.07 Å². The monoisotopic (exact) mass is 397 g/mol. The molecule has 2 aromatic rings. The van der Waals surface area contributed by atoms with Crippen LogP contribution in [0.1, 0.15) is 30.5 Å². The fraction of sp³-hybridized carbons (Fsp3) is 0.545. The number of aromatic nitrogens is 2. The van der Waals surface area contributed by atoms with Crippen molar-refractivity contribution < 1.29 is 9.18 Å². The number of hydrogen-bond donors (Lipinski definition) is 0. The SMILES string of the molecule is O=C(CN1CCc2c(cnn2-c2cccc(F)c2)C1)N1CCN(C2CCC2)CC1. The third-order valence-corrected chi connectivity index (χ3v) is 6.68. The van der Waals surface area contributed by atoms with Crippen molar-refractivity contribution in [1.82, 2.24) is 24.5 Å². The molecule has 0 unspecified atom stereocenters. The minimum Gasteiger partial charge on any atom is -0.339 e. The minimum atomic E-state index is -0.257. The van der Waals surface area contributed by atoms with Crippen LogP contribution < -0.4 is 0 Å². The Hall–Kier alpha value is -2.25. The molecule has 5 rings (SSSR count). The number of benzene rings is 1. The largest absolute Gasteiger partial charge is 0.339 e. The van der Waals surface area contributed by atoms with Crippen LogP contribution in [0.4, 0.5) is 4.39 Å². The Kier molecular flexibility index (Phi) is 5.09. The lowest BCUT2D eigenvalue weighted by Crippen LogP contribution is -2.55. The summed E-state index contributed by atoms with van der Waals surface area (Å²) in [6.45, 7) is 5.74. The fourth-order valence-corrected chi connectivity index (χ4v) is 4.74. The number of halogens is 1. The van der Waals surface area contributed by atoms with Crippen LogP contribution in [0.25, 0.3) is 5.69 Å². The van der Waals surface area contributed by atoms with Gasteiger partial charge in [0.15, 0.2) is 0 Å². The molecule has 6 nitrogen and oxygen atoms in total. The van der Waals surface area contributed by atoms with E-state index in [-0.39, 0.29) is 11.7 Å². The molecule has 7 heteroatoms. The van der Waals surface area contributed by atoms with Crippen molar-refractivity contribution >= 4 is 5.91 Å². The third-order valence-electron chi connectivity index (χ3n) is 6.68. The Labute approximate surface area is 170 Å². The molecule has 0 bridgehead atoms. The molecular formula is C22H28FN5O. The fourth-order valence-electron chi connectivity index (χ4n) is 4.74. The standard InChI is InChI=1S/C22H28FN5O/c23-18-3-1-6-20(13-18)28-21-7-8-25(15-17(21)14-24-28)16-22(29)27-11-9-26(10-12-27)19-4-2-5-19/h1,3,6,13-14,19H,2,4-5,7-12,15-16H2. The van der Waals surface area contributed by atoms with Gasteiger partial charge < -0.3 is 4.90 Å². The molecule has 154 valence electrons. The number of piperazine rings is 1. The Balaban J connectivity index is 1.18. The maximum absolute atomic E-state index is 13.6. The van der Waals surface area contributed by atoms with E-state index in [1.165, 1.54) is 31.4 Å². The van der Waals surface area contributed by atoms with Crippen molar-refractivity contribution in [2.24, 2.45) is 0 Å². The first-order valence-corrected chi connectivity index (χ1v) is 10.7. The molecule has 3 aliphatic rings. The summed E-state index contributed by atoms with van der Waals surface area (Å²) in [5.41, 5.74) is 3.00. The zero-order valence-corrected chi connectivity index (χ0v) is 16.8. The second-order valence-corrected chi connectivity index (χ2v) is 8.47. The summed E-state index contributed by atoms with van der Waals surface area (Å²) in [6.07, 6.45) is 6.68. The Morgan fingerprint density at radius 2 is 1.97 bits per heavy atom. The van der Waals surface area contributed by atoms with Crippen molar-refractivity contribution in [3.8, 4) is 5.69 Å². The highest BCUT2D eigenvalue weighted by Crippen LogP contribution is 2.26. The third kappa shape index (κ3) is 3.81. The second kappa shape index (κ2) is 7.88. The molecule has 0 radical (unpaired) electrons. The van der Waals surface area contributed by atoms with E-state index >= 15 is 0 Å². The zero-order chi connectivity index (χ0) is 19.8. The van der Waals surface area contributed by atoms with Gasteiger partial charge in [0.25, 0.3) is 0 Å². The molecule has 1 saturated carbocycles. The summed E-state index contributed by atoms with van der Waals surface area (Å²) >= 11 is 0. The molecule has 0 spiro atoms.